The third-order valence-corrected chi connectivity index (χ3v) is 9.62. The third-order valence-electron chi connectivity index (χ3n) is 8.81. The van der Waals surface area contributed by atoms with Gasteiger partial charge in [0.15, 0.2) is 0 Å². The second-order valence-corrected chi connectivity index (χ2v) is 11.2. The van der Waals surface area contributed by atoms with Gasteiger partial charge in [-0.1, -0.05) is 59.6 Å². The van der Waals surface area contributed by atoms with Crippen LogP contribution in [0.3, 0.4) is 0 Å². The predicted molar refractivity (Wildman–Crippen MR) is 144 cm³/mol. The van der Waals surface area contributed by atoms with Crippen molar-refractivity contribution in [3.8, 4) is 5.69 Å². The fraction of sp³-hybridized carbons (Fsp3) is 0.241. The van der Waals surface area contributed by atoms with E-state index in [1.807, 2.05) is 42.5 Å². The molecule has 4 aliphatic rings. The molecule has 1 spiro atoms. The van der Waals surface area contributed by atoms with Crippen LogP contribution in [-0.4, -0.2) is 38.9 Å². The van der Waals surface area contributed by atoms with E-state index in [0.717, 1.165) is 18.4 Å². The zero-order valence-electron chi connectivity index (χ0n) is 20.0. The van der Waals surface area contributed by atoms with Crippen LogP contribution in [0.5, 0.6) is 0 Å². The van der Waals surface area contributed by atoms with E-state index in [1.54, 1.807) is 28.8 Å². The maximum absolute atomic E-state index is 14.5. The SMILES string of the molecule is O=C1[C@H]2C3CCCN3C3(c4ccccc4-n4c3nc3ccccc3c4=O)[C@H]2C(=O)N1c1cccc(Cl)c1Cl. The quantitative estimate of drug-likeness (QED) is 0.330. The number of rotatable bonds is 1. The summed E-state index contributed by atoms with van der Waals surface area (Å²) in [6.45, 7) is 0.702. The molecule has 0 N–H and O–H groups in total. The summed E-state index contributed by atoms with van der Waals surface area (Å²) in [7, 11) is 0. The van der Waals surface area contributed by atoms with Crippen molar-refractivity contribution in [3.05, 3.63) is 98.5 Å². The molecule has 9 heteroatoms. The molecule has 3 fully saturated rings. The number of fused-ring (bicyclic) bond motifs is 11. The molecular formula is C29H20Cl2N4O3. The van der Waals surface area contributed by atoms with E-state index in [1.165, 1.54) is 4.90 Å². The van der Waals surface area contributed by atoms with Crippen molar-refractivity contribution in [2.45, 2.75) is 24.4 Å². The summed E-state index contributed by atoms with van der Waals surface area (Å²) in [5.74, 6) is -1.48. The van der Waals surface area contributed by atoms with E-state index in [4.69, 9.17) is 28.2 Å². The molecule has 4 aliphatic heterocycles. The van der Waals surface area contributed by atoms with Gasteiger partial charge in [0, 0.05) is 11.6 Å². The van der Waals surface area contributed by atoms with E-state index in [-0.39, 0.29) is 33.5 Å². The first-order valence-electron chi connectivity index (χ1n) is 12.7. The average Bonchev–Trinajstić information content (AvgIpc) is 3.64. The lowest BCUT2D eigenvalue weighted by Crippen LogP contribution is -2.51. The number of nitrogens with zero attached hydrogens (tertiary/aromatic N) is 4. The lowest BCUT2D eigenvalue weighted by Gasteiger charge is -2.38. The maximum atomic E-state index is 14.5. The minimum atomic E-state index is -1.06. The Morgan fingerprint density at radius 2 is 1.63 bits per heavy atom. The van der Waals surface area contributed by atoms with Gasteiger partial charge in [0.1, 0.15) is 11.4 Å². The van der Waals surface area contributed by atoms with Crippen molar-refractivity contribution in [2.75, 3.05) is 11.4 Å². The summed E-state index contributed by atoms with van der Waals surface area (Å²) in [6, 6.07) is 19.7. The van der Waals surface area contributed by atoms with Gasteiger partial charge in [-0.2, -0.15) is 0 Å². The molecule has 0 saturated carbocycles. The number of anilines is 1. The second-order valence-electron chi connectivity index (χ2n) is 10.4. The topological polar surface area (TPSA) is 75.5 Å². The summed E-state index contributed by atoms with van der Waals surface area (Å²) in [5.41, 5.74) is 1.16. The minimum Gasteiger partial charge on any atom is -0.283 e. The molecule has 38 heavy (non-hydrogen) atoms. The normalized spacial score (nSPS) is 27.3. The summed E-state index contributed by atoms with van der Waals surface area (Å²) in [5, 5.41) is 0.952. The molecule has 2 unspecified atom stereocenters. The first kappa shape index (κ1) is 22.5. The lowest BCUT2D eigenvalue weighted by atomic mass is 9.75. The van der Waals surface area contributed by atoms with Gasteiger partial charge in [0.05, 0.1) is 44.2 Å². The molecule has 3 saturated heterocycles. The van der Waals surface area contributed by atoms with Crippen molar-refractivity contribution in [1.82, 2.24) is 14.5 Å². The highest BCUT2D eigenvalue weighted by atomic mass is 35.5. The van der Waals surface area contributed by atoms with Gasteiger partial charge in [-0.3, -0.25) is 23.9 Å². The molecule has 2 amide bonds. The standard InChI is InChI=1S/C29H20Cl2N4O3/c30-17-9-5-12-21(24(17)31)34-26(37)22-20-13-6-14-33(20)29(23(22)27(34)38)16-8-2-4-11-19(16)35-25(36)15-7-1-3-10-18(15)32-28(29)35/h1-5,7-12,20,22-23H,6,13-14H2/t20?,22-,23+,29?/m0/s1. The molecule has 8 rings (SSSR count). The van der Waals surface area contributed by atoms with Crippen LogP contribution >= 0.6 is 23.2 Å². The number of amides is 2. The number of carbonyl (C=O) groups excluding carboxylic acids is 2. The van der Waals surface area contributed by atoms with Gasteiger partial charge in [-0.15, -0.1) is 0 Å². The summed E-state index contributed by atoms with van der Waals surface area (Å²) >= 11 is 12.8. The molecule has 188 valence electrons. The van der Waals surface area contributed by atoms with Crippen LogP contribution in [0, 0.1) is 11.8 Å². The maximum Gasteiger partial charge on any atom is 0.266 e. The van der Waals surface area contributed by atoms with Crippen LogP contribution in [0.4, 0.5) is 5.69 Å². The average molecular weight is 543 g/mol. The fourth-order valence-electron chi connectivity index (χ4n) is 7.52. The van der Waals surface area contributed by atoms with Crippen molar-refractivity contribution in [2.24, 2.45) is 11.8 Å². The van der Waals surface area contributed by atoms with Crippen LogP contribution in [0.15, 0.2) is 71.5 Å². The second kappa shape index (κ2) is 7.53. The number of benzene rings is 3. The third kappa shape index (κ3) is 2.46. The van der Waals surface area contributed by atoms with E-state index >= 15 is 0 Å². The summed E-state index contributed by atoms with van der Waals surface area (Å²) in [4.78, 5) is 51.1. The van der Waals surface area contributed by atoms with Gasteiger partial charge < -0.3 is 0 Å². The largest absolute Gasteiger partial charge is 0.283 e. The monoisotopic (exact) mass is 542 g/mol. The molecule has 0 bridgehead atoms. The minimum absolute atomic E-state index is 0.164. The zero-order valence-corrected chi connectivity index (χ0v) is 21.5. The molecular weight excluding hydrogens is 523 g/mol. The van der Waals surface area contributed by atoms with Crippen molar-refractivity contribution in [3.63, 3.8) is 0 Å². The number of aromatic nitrogens is 2. The first-order chi connectivity index (χ1) is 18.5. The molecule has 3 aromatic carbocycles. The molecule has 0 aliphatic carbocycles. The number of imide groups is 1. The van der Waals surface area contributed by atoms with Crippen LogP contribution in [-0.2, 0) is 15.1 Å². The van der Waals surface area contributed by atoms with Crippen LogP contribution < -0.4 is 10.5 Å². The smallest absolute Gasteiger partial charge is 0.266 e. The molecule has 4 aromatic rings. The number of hydrogen-bond donors (Lipinski definition) is 0. The molecule has 5 heterocycles. The highest BCUT2D eigenvalue weighted by Crippen LogP contribution is 2.62. The van der Waals surface area contributed by atoms with Crippen LogP contribution in [0.2, 0.25) is 10.0 Å². The fourth-order valence-corrected chi connectivity index (χ4v) is 7.90. The van der Waals surface area contributed by atoms with E-state index in [9.17, 15) is 14.4 Å². The van der Waals surface area contributed by atoms with Gasteiger partial charge >= 0.3 is 0 Å². The Kier molecular flexibility index (Phi) is 4.45. The Hall–Kier alpha value is -3.52. The Morgan fingerprint density at radius 1 is 0.868 bits per heavy atom. The van der Waals surface area contributed by atoms with Crippen LogP contribution in [0.1, 0.15) is 24.2 Å². The van der Waals surface area contributed by atoms with E-state index in [0.29, 0.717) is 34.6 Å². The first-order valence-corrected chi connectivity index (χ1v) is 13.4. The zero-order chi connectivity index (χ0) is 25.9. The van der Waals surface area contributed by atoms with Gasteiger partial charge in [0.2, 0.25) is 11.8 Å². The van der Waals surface area contributed by atoms with Gasteiger partial charge in [0.25, 0.3) is 5.56 Å². The van der Waals surface area contributed by atoms with Crippen molar-refractivity contribution < 1.29 is 9.59 Å². The molecule has 1 aromatic heterocycles. The molecule has 0 radical (unpaired) electrons. The van der Waals surface area contributed by atoms with Crippen molar-refractivity contribution in [1.29, 1.82) is 0 Å². The van der Waals surface area contributed by atoms with Gasteiger partial charge in [-0.05, 0) is 49.7 Å². The number of carbonyl (C=O) groups is 2. The number of para-hydroxylation sites is 2. The Balaban J connectivity index is 1.45. The molecule has 7 nitrogen and oxygen atoms in total. The molecule has 4 atom stereocenters. The van der Waals surface area contributed by atoms with Crippen molar-refractivity contribution >= 4 is 51.6 Å². The Labute approximate surface area is 227 Å². The number of halogens is 2. The highest BCUT2D eigenvalue weighted by Gasteiger charge is 2.73. The summed E-state index contributed by atoms with van der Waals surface area (Å²) < 4.78 is 1.65. The Bertz CT molecular complexity index is 1800. The van der Waals surface area contributed by atoms with Gasteiger partial charge in [-0.25, -0.2) is 9.88 Å². The highest BCUT2D eigenvalue weighted by molar-refractivity contribution is 6.45. The van der Waals surface area contributed by atoms with E-state index < -0.39 is 17.4 Å². The lowest BCUT2D eigenvalue weighted by molar-refractivity contribution is -0.124. The predicted octanol–water partition coefficient (Wildman–Crippen LogP) is 4.53. The number of hydrogen-bond acceptors (Lipinski definition) is 5. The Morgan fingerprint density at radius 3 is 2.50 bits per heavy atom. The summed E-state index contributed by atoms with van der Waals surface area (Å²) in [6.07, 6.45) is 1.66. The van der Waals surface area contributed by atoms with E-state index in [2.05, 4.69) is 4.90 Å². The van der Waals surface area contributed by atoms with Crippen LogP contribution in [0.25, 0.3) is 16.6 Å².